The van der Waals surface area contributed by atoms with E-state index < -0.39 is 0 Å². The van der Waals surface area contributed by atoms with E-state index in [-0.39, 0.29) is 0 Å². The molecule has 0 atom stereocenters. The molecule has 22 aromatic rings. The molecule has 0 aliphatic carbocycles. The van der Waals surface area contributed by atoms with Crippen LogP contribution in [0.3, 0.4) is 0 Å². The normalized spacial score (nSPS) is 11.5. The Morgan fingerprint density at radius 1 is 0.132 bits per heavy atom. The van der Waals surface area contributed by atoms with Gasteiger partial charge in [-0.15, -0.1) is 45.3 Å². The zero-order chi connectivity index (χ0) is 75.4. The van der Waals surface area contributed by atoms with Crippen molar-refractivity contribution >= 4 is 205 Å². The lowest BCUT2D eigenvalue weighted by Crippen LogP contribution is -2.09. The number of hydrogen-bond donors (Lipinski definition) is 0. The van der Waals surface area contributed by atoms with Gasteiger partial charge in [-0.25, -0.2) is 0 Å². The highest BCUT2D eigenvalue weighted by Gasteiger charge is 2.23. The van der Waals surface area contributed by atoms with Crippen molar-refractivity contribution in [2.75, 3.05) is 19.6 Å². The first-order chi connectivity index (χ1) is 56.5. The maximum atomic E-state index is 2.41. The number of hydrogen-bond acceptors (Lipinski definition) is 8. The van der Waals surface area contributed by atoms with Gasteiger partial charge in [0.05, 0.1) is 0 Å². The number of thiophene rings is 4. The van der Waals surface area contributed by atoms with Crippen molar-refractivity contribution in [1.82, 2.24) is 0 Å². The number of benzene rings is 18. The molecule has 8 heteroatoms. The fourth-order valence-corrected chi connectivity index (χ4v) is 20.9. The van der Waals surface area contributed by atoms with Crippen LogP contribution in [0.5, 0.6) is 0 Å². The fourth-order valence-electron chi connectivity index (χ4n) is 16.4. The van der Waals surface area contributed by atoms with Gasteiger partial charge in [0, 0.05) is 149 Å². The van der Waals surface area contributed by atoms with Crippen LogP contribution in [-0.2, 0) is 0 Å². The van der Waals surface area contributed by atoms with Crippen LogP contribution in [0.1, 0.15) is 0 Å². The van der Waals surface area contributed by atoms with Crippen molar-refractivity contribution in [3.05, 3.63) is 425 Å². The lowest BCUT2D eigenvalue weighted by atomic mass is 9.98. The summed E-state index contributed by atoms with van der Waals surface area (Å²) in [5.41, 5.74) is 20.9. The molecule has 0 saturated carbocycles. The number of para-hydroxylation sites is 3. The van der Waals surface area contributed by atoms with Gasteiger partial charge in [-0.05, 0) is 214 Å². The summed E-state index contributed by atoms with van der Waals surface area (Å²) in [5.74, 6) is 0. The average Bonchev–Trinajstić information content (AvgIpc) is 1.62. The lowest BCUT2D eigenvalue weighted by Gasteiger charge is -2.26. The van der Waals surface area contributed by atoms with Gasteiger partial charge in [-0.3, -0.25) is 0 Å². The van der Waals surface area contributed by atoms with Gasteiger partial charge in [-0.2, -0.15) is 0 Å². The van der Waals surface area contributed by atoms with Crippen LogP contribution < -0.4 is 19.6 Å². The minimum absolute atomic E-state index is 1.12. The van der Waals surface area contributed by atoms with Crippen LogP contribution in [0, 0.1) is 0 Å². The van der Waals surface area contributed by atoms with Crippen molar-refractivity contribution in [2.45, 2.75) is 0 Å². The zero-order valence-electron chi connectivity index (χ0n) is 61.8. The molecule has 4 heterocycles. The summed E-state index contributed by atoms with van der Waals surface area (Å²) in [4.78, 5) is 9.52. The molecule has 0 spiro atoms. The first-order valence-electron chi connectivity index (χ1n) is 38.5. The molecule has 0 fully saturated rings. The van der Waals surface area contributed by atoms with Crippen LogP contribution in [0.15, 0.2) is 425 Å². The summed E-state index contributed by atoms with van der Waals surface area (Å²) < 4.78 is 10.3. The molecular formula is C106H70N4S4. The molecule has 22 rings (SSSR count). The number of rotatable bonds is 15. The molecular weight excluding hydrogens is 1460 g/mol. The maximum Gasteiger partial charge on any atom is 0.0476 e. The molecule has 4 nitrogen and oxygen atoms in total. The fraction of sp³-hybridized carbons (Fsp3) is 0. The standard InChI is InChI=1S/C58H38N2S2.C48H32N2S2/c1-3-12-39(13-4-1)40-22-26-45(27-23-40)60(47-30-33-52-51-19-9-10-21-55(51)61-57(52)37-47)48-31-34-53-54-36-46(32-35-56(54)62-58(53)38-48)59(43-16-5-2-6-17-43)44-28-24-42(25-29-44)50-20-11-15-41-14-7-8-18-49(41)50;1-4-12-33(13-5-1)34-20-22-37(23-21-34)50(39-24-27-42-41-18-10-11-19-45(41)51-47(42)31-39)40-25-28-43-44-30-38(26-29-46(44)52-48(43)32-40)49(35-14-6-2-7-15-35)36-16-8-3-9-17-36/h1-38H;1-32H. The molecule has 114 heavy (non-hydrogen) atoms. The molecule has 0 amide bonds. The van der Waals surface area contributed by atoms with Crippen LogP contribution in [0.25, 0.3) is 125 Å². The first kappa shape index (κ1) is 68.3. The molecule has 0 N–H and O–H groups in total. The molecule has 0 unspecified atom stereocenters. The van der Waals surface area contributed by atoms with Crippen molar-refractivity contribution in [1.29, 1.82) is 0 Å². The Labute approximate surface area is 677 Å². The number of nitrogens with zero attached hydrogens (tertiary/aromatic N) is 4. The van der Waals surface area contributed by atoms with E-state index in [0.29, 0.717) is 0 Å². The van der Waals surface area contributed by atoms with E-state index in [1.54, 1.807) is 0 Å². The Bertz CT molecular complexity index is 7240. The van der Waals surface area contributed by atoms with Crippen molar-refractivity contribution in [3.8, 4) is 33.4 Å². The first-order valence-corrected chi connectivity index (χ1v) is 41.8. The lowest BCUT2D eigenvalue weighted by molar-refractivity contribution is 1.29. The smallest absolute Gasteiger partial charge is 0.0476 e. The molecule has 4 aromatic heterocycles. The second-order valence-corrected chi connectivity index (χ2v) is 33.1. The summed E-state index contributed by atoms with van der Waals surface area (Å²) in [5, 5.41) is 12.8. The van der Waals surface area contributed by atoms with Crippen LogP contribution >= 0.6 is 45.3 Å². The Morgan fingerprint density at radius 3 is 0.763 bits per heavy atom. The van der Waals surface area contributed by atoms with Gasteiger partial charge < -0.3 is 19.6 Å². The Balaban J connectivity index is 0.000000145. The largest absolute Gasteiger partial charge is 0.310 e. The van der Waals surface area contributed by atoms with Gasteiger partial charge in [0.25, 0.3) is 0 Å². The number of anilines is 12. The molecule has 0 radical (unpaired) electrons. The third kappa shape index (κ3) is 12.8. The predicted octanol–water partition coefficient (Wildman–Crippen LogP) is 32.9. The zero-order valence-corrected chi connectivity index (χ0v) is 65.1. The van der Waals surface area contributed by atoms with Crippen LogP contribution in [0.2, 0.25) is 0 Å². The summed E-state index contributed by atoms with van der Waals surface area (Å²) in [6, 6.07) is 154. The van der Waals surface area contributed by atoms with E-state index in [4.69, 9.17) is 0 Å². The minimum Gasteiger partial charge on any atom is -0.310 e. The molecule has 18 aromatic carbocycles. The Hall–Kier alpha value is -13.7. The van der Waals surface area contributed by atoms with E-state index in [9.17, 15) is 0 Å². The summed E-state index contributed by atoms with van der Waals surface area (Å²) in [6.45, 7) is 0. The summed E-state index contributed by atoms with van der Waals surface area (Å²) in [7, 11) is 0. The summed E-state index contributed by atoms with van der Waals surface area (Å²) in [6.07, 6.45) is 0. The number of fused-ring (bicyclic) bond motifs is 13. The molecule has 0 saturated heterocycles. The summed E-state index contributed by atoms with van der Waals surface area (Å²) >= 11 is 7.44. The third-order valence-electron chi connectivity index (χ3n) is 21.9. The molecule has 0 bridgehead atoms. The molecule has 0 aliphatic rings. The van der Waals surface area contributed by atoms with Gasteiger partial charge >= 0.3 is 0 Å². The quantitative estimate of drug-likeness (QED) is 0.101. The van der Waals surface area contributed by atoms with Gasteiger partial charge in [-0.1, -0.05) is 255 Å². The highest BCUT2D eigenvalue weighted by atomic mass is 32.1. The SMILES string of the molecule is c1ccc(-c2ccc(N(c3ccc4c(c3)sc3ccccc34)c3ccc4c(c3)sc3ccc(N(c5ccccc5)c5ccc(-c6cccc7ccccc67)cc5)cc34)cc2)cc1.c1ccc(-c2ccc(N(c3ccc4c(c3)sc3ccccc34)c3ccc4c(c3)sc3ccc(N(c5ccccc5)c5ccccc5)cc34)cc2)cc1. The van der Waals surface area contributed by atoms with E-state index in [1.165, 1.54) is 125 Å². The molecule has 0 aliphatic heterocycles. The van der Waals surface area contributed by atoms with E-state index in [0.717, 1.165) is 68.2 Å². The molecule has 538 valence electrons. The second-order valence-electron chi connectivity index (χ2n) is 28.7. The monoisotopic (exact) mass is 1530 g/mol. The highest BCUT2D eigenvalue weighted by Crippen LogP contribution is 2.49. The van der Waals surface area contributed by atoms with Crippen LogP contribution in [0.4, 0.5) is 68.2 Å². The predicted molar refractivity (Wildman–Crippen MR) is 497 cm³/mol. The minimum atomic E-state index is 1.12. The van der Waals surface area contributed by atoms with Crippen molar-refractivity contribution in [2.24, 2.45) is 0 Å². The Morgan fingerprint density at radius 2 is 0.377 bits per heavy atom. The second kappa shape index (κ2) is 29.5. The van der Waals surface area contributed by atoms with Crippen LogP contribution in [-0.4, -0.2) is 0 Å². The maximum absolute atomic E-state index is 2.41. The van der Waals surface area contributed by atoms with Gasteiger partial charge in [0.2, 0.25) is 0 Å². The van der Waals surface area contributed by atoms with Crippen molar-refractivity contribution in [3.63, 3.8) is 0 Å². The highest BCUT2D eigenvalue weighted by molar-refractivity contribution is 7.27. The van der Waals surface area contributed by atoms with Gasteiger partial charge in [0.1, 0.15) is 0 Å². The van der Waals surface area contributed by atoms with E-state index in [1.807, 2.05) is 45.3 Å². The average molecular weight is 1530 g/mol. The third-order valence-corrected chi connectivity index (χ3v) is 26.4. The topological polar surface area (TPSA) is 13.0 Å². The van der Waals surface area contributed by atoms with E-state index in [2.05, 4.69) is 444 Å². The Kier molecular flexibility index (Phi) is 17.7. The van der Waals surface area contributed by atoms with Gasteiger partial charge in [0.15, 0.2) is 0 Å². The van der Waals surface area contributed by atoms with Crippen molar-refractivity contribution < 1.29 is 0 Å². The van der Waals surface area contributed by atoms with E-state index >= 15 is 0 Å².